The highest BCUT2D eigenvalue weighted by Crippen LogP contribution is 2.39. The van der Waals surface area contributed by atoms with Crippen molar-refractivity contribution in [2.45, 2.75) is 42.2 Å². The fraction of sp³-hybridized carbons (Fsp3) is 0.688. The third kappa shape index (κ3) is 5.39. The molecule has 0 radical (unpaired) electrons. The Hall–Kier alpha value is -1.39. The molecule has 5 atom stereocenters. The zero-order chi connectivity index (χ0) is 22.9. The second kappa shape index (κ2) is 9.85. The van der Waals surface area contributed by atoms with E-state index in [1.165, 1.54) is 22.7 Å². The number of aliphatic hydroxyl groups excluding tert-OH is 2. The number of anilines is 1. The molecule has 2 aliphatic rings. The first-order valence-corrected chi connectivity index (χ1v) is 12.3. The summed E-state index contributed by atoms with van der Waals surface area (Å²) in [7, 11) is -4.77. The SMILES string of the molecule is Nc1nc(SCCC2COCCO2)nc2c1ncn2[C@@H]1O[C@H](COP(=O)(O)O)[C@@H](O)[C@H]1O. The van der Waals surface area contributed by atoms with Gasteiger partial charge in [-0.3, -0.25) is 9.09 Å². The standard InChI is InChI=1S/C16H24N5O9PS/c17-13-10-14(20-16(19-13)32-4-1-8-5-27-2-3-28-8)21(7-18-10)15-12(23)11(22)9(30-15)6-29-31(24,25)26/h7-9,11-12,15,22-23H,1-6H2,(H2,17,19,20)(H2,24,25,26)/t8?,9-,11-,12-,15-/m1/s1. The number of hydrogen-bond acceptors (Lipinski definition) is 12. The minimum absolute atomic E-state index is 0.0127. The van der Waals surface area contributed by atoms with Crippen LogP contribution in [0.15, 0.2) is 11.5 Å². The summed E-state index contributed by atoms with van der Waals surface area (Å²) < 4.78 is 33.3. The van der Waals surface area contributed by atoms with Gasteiger partial charge in [0.2, 0.25) is 0 Å². The summed E-state index contributed by atoms with van der Waals surface area (Å²) in [6.07, 6.45) is -3.08. The molecule has 0 amide bonds. The van der Waals surface area contributed by atoms with Gasteiger partial charge in [-0.2, -0.15) is 0 Å². The first-order chi connectivity index (χ1) is 15.2. The average Bonchev–Trinajstić information content (AvgIpc) is 3.29. The molecule has 4 heterocycles. The van der Waals surface area contributed by atoms with E-state index in [1.54, 1.807) is 0 Å². The Morgan fingerprint density at radius 2 is 2.09 bits per heavy atom. The molecular weight excluding hydrogens is 469 g/mol. The molecule has 1 unspecified atom stereocenters. The summed E-state index contributed by atoms with van der Waals surface area (Å²) in [6, 6.07) is 0. The molecule has 6 N–H and O–H groups in total. The fourth-order valence-corrected chi connectivity index (χ4v) is 4.64. The van der Waals surface area contributed by atoms with Crippen LogP contribution in [0, 0.1) is 0 Å². The normalized spacial score (nSPS) is 29.1. The van der Waals surface area contributed by atoms with Gasteiger partial charge in [0.15, 0.2) is 22.8 Å². The second-order valence-electron chi connectivity index (χ2n) is 7.25. The number of imidazole rings is 1. The van der Waals surface area contributed by atoms with Crippen molar-refractivity contribution >= 4 is 36.6 Å². The third-order valence-electron chi connectivity index (χ3n) is 5.00. The fourth-order valence-electron chi connectivity index (χ4n) is 3.42. The summed E-state index contributed by atoms with van der Waals surface area (Å²) in [5, 5.41) is 21.0. The smallest absolute Gasteiger partial charge is 0.387 e. The monoisotopic (exact) mass is 493 g/mol. The van der Waals surface area contributed by atoms with E-state index in [9.17, 15) is 14.8 Å². The van der Waals surface area contributed by atoms with E-state index in [1.807, 2.05) is 0 Å². The van der Waals surface area contributed by atoms with Gasteiger partial charge in [-0.05, 0) is 6.42 Å². The van der Waals surface area contributed by atoms with E-state index in [0.717, 1.165) is 6.42 Å². The number of hydrogen-bond donors (Lipinski definition) is 5. The van der Waals surface area contributed by atoms with Gasteiger partial charge in [-0.25, -0.2) is 19.5 Å². The van der Waals surface area contributed by atoms with Crippen LogP contribution in [-0.2, 0) is 23.3 Å². The first-order valence-electron chi connectivity index (χ1n) is 9.77. The molecule has 0 aromatic carbocycles. The lowest BCUT2D eigenvalue weighted by molar-refractivity contribution is -0.0883. The Kier molecular flexibility index (Phi) is 7.31. The molecule has 14 nitrogen and oxygen atoms in total. The number of nitrogen functional groups attached to an aromatic ring is 1. The van der Waals surface area contributed by atoms with Crippen molar-refractivity contribution in [3.05, 3.63) is 6.33 Å². The Morgan fingerprint density at radius 3 is 2.81 bits per heavy atom. The van der Waals surface area contributed by atoms with Crippen molar-refractivity contribution in [1.29, 1.82) is 0 Å². The van der Waals surface area contributed by atoms with Crippen LogP contribution in [0.5, 0.6) is 0 Å². The van der Waals surface area contributed by atoms with Crippen LogP contribution >= 0.6 is 19.6 Å². The maximum Gasteiger partial charge on any atom is 0.469 e. The van der Waals surface area contributed by atoms with Crippen molar-refractivity contribution < 1.29 is 43.3 Å². The first kappa shape index (κ1) is 23.8. The zero-order valence-corrected chi connectivity index (χ0v) is 18.5. The van der Waals surface area contributed by atoms with Gasteiger partial charge in [-0.15, -0.1) is 0 Å². The number of thioether (sulfide) groups is 1. The molecule has 4 rings (SSSR count). The Labute approximate surface area is 186 Å². The van der Waals surface area contributed by atoms with Crippen LogP contribution in [0.2, 0.25) is 0 Å². The highest BCUT2D eigenvalue weighted by atomic mass is 32.2. The van der Waals surface area contributed by atoms with Gasteiger partial charge < -0.3 is 39.9 Å². The van der Waals surface area contributed by atoms with E-state index in [0.29, 0.717) is 36.2 Å². The Bertz CT molecular complexity index is 984. The van der Waals surface area contributed by atoms with Gasteiger partial charge in [-0.1, -0.05) is 11.8 Å². The predicted octanol–water partition coefficient (Wildman–Crippen LogP) is -0.965. The number of phosphoric acid groups is 1. The van der Waals surface area contributed by atoms with E-state index in [4.69, 9.17) is 29.7 Å². The lowest BCUT2D eigenvalue weighted by Gasteiger charge is -2.22. The molecule has 16 heteroatoms. The van der Waals surface area contributed by atoms with Gasteiger partial charge >= 0.3 is 7.82 Å². The highest BCUT2D eigenvalue weighted by molar-refractivity contribution is 7.99. The van der Waals surface area contributed by atoms with Crippen molar-refractivity contribution in [3.63, 3.8) is 0 Å². The van der Waals surface area contributed by atoms with Crippen molar-refractivity contribution in [3.8, 4) is 0 Å². The number of fused-ring (bicyclic) bond motifs is 1. The number of rotatable bonds is 8. The molecule has 2 aromatic rings. The van der Waals surface area contributed by atoms with Crippen LogP contribution in [0.4, 0.5) is 5.82 Å². The number of phosphoric ester groups is 1. The van der Waals surface area contributed by atoms with Crippen LogP contribution in [0.3, 0.4) is 0 Å². The number of nitrogens with zero attached hydrogens (tertiary/aromatic N) is 4. The molecule has 0 aliphatic carbocycles. The highest BCUT2D eigenvalue weighted by Gasteiger charge is 2.45. The van der Waals surface area contributed by atoms with E-state index in [2.05, 4.69) is 19.5 Å². The molecule has 0 bridgehead atoms. The van der Waals surface area contributed by atoms with Gasteiger partial charge in [0, 0.05) is 5.75 Å². The number of aliphatic hydroxyl groups is 2. The lowest BCUT2D eigenvalue weighted by atomic mass is 10.1. The van der Waals surface area contributed by atoms with Crippen molar-refractivity contribution in [1.82, 2.24) is 19.5 Å². The third-order valence-corrected chi connectivity index (χ3v) is 6.37. The van der Waals surface area contributed by atoms with Crippen LogP contribution in [0.1, 0.15) is 12.6 Å². The summed E-state index contributed by atoms with van der Waals surface area (Å²) in [4.78, 5) is 30.6. The second-order valence-corrected chi connectivity index (χ2v) is 9.55. The van der Waals surface area contributed by atoms with Gasteiger partial charge in [0.25, 0.3) is 0 Å². The molecular formula is C16H24N5O9PS. The maximum absolute atomic E-state index is 10.9. The molecule has 32 heavy (non-hydrogen) atoms. The van der Waals surface area contributed by atoms with Crippen molar-refractivity contribution in [2.24, 2.45) is 0 Å². The summed E-state index contributed by atoms with van der Waals surface area (Å²) in [5.41, 5.74) is 6.60. The Morgan fingerprint density at radius 1 is 1.28 bits per heavy atom. The molecule has 2 saturated heterocycles. The summed E-state index contributed by atoms with van der Waals surface area (Å²) >= 11 is 1.37. The summed E-state index contributed by atoms with van der Waals surface area (Å²) in [5.74, 6) is 0.804. The number of aromatic nitrogens is 4. The minimum Gasteiger partial charge on any atom is -0.387 e. The topological polar surface area (TPSA) is 205 Å². The van der Waals surface area contributed by atoms with E-state index in [-0.39, 0.29) is 17.6 Å². The van der Waals surface area contributed by atoms with Crippen LogP contribution < -0.4 is 5.73 Å². The molecule has 2 aliphatic heterocycles. The summed E-state index contributed by atoms with van der Waals surface area (Å²) in [6.45, 7) is 1.10. The van der Waals surface area contributed by atoms with E-state index < -0.39 is 39.0 Å². The number of nitrogens with two attached hydrogens (primary N) is 1. The lowest BCUT2D eigenvalue weighted by Crippen LogP contribution is -2.33. The number of ether oxygens (including phenoxy) is 3. The van der Waals surface area contributed by atoms with Crippen LogP contribution in [0.25, 0.3) is 11.2 Å². The Balaban J connectivity index is 1.48. The predicted molar refractivity (Wildman–Crippen MR) is 110 cm³/mol. The zero-order valence-electron chi connectivity index (χ0n) is 16.8. The average molecular weight is 493 g/mol. The quantitative estimate of drug-likeness (QED) is 0.171. The minimum atomic E-state index is -4.77. The van der Waals surface area contributed by atoms with Crippen molar-refractivity contribution in [2.75, 3.05) is 37.9 Å². The largest absolute Gasteiger partial charge is 0.469 e. The maximum atomic E-state index is 10.9. The molecule has 0 spiro atoms. The molecule has 0 saturated carbocycles. The van der Waals surface area contributed by atoms with E-state index >= 15 is 0 Å². The molecule has 2 aromatic heterocycles. The van der Waals surface area contributed by atoms with Crippen LogP contribution in [-0.4, -0.2) is 96.1 Å². The van der Waals surface area contributed by atoms with Gasteiger partial charge in [0.1, 0.15) is 23.8 Å². The van der Waals surface area contributed by atoms with Gasteiger partial charge in [0.05, 0.1) is 38.9 Å². The molecule has 2 fully saturated rings. The molecule has 178 valence electrons.